The van der Waals surface area contributed by atoms with Gasteiger partial charge in [0.05, 0.1) is 0 Å². The van der Waals surface area contributed by atoms with Gasteiger partial charge in [-0.1, -0.05) is 48.5 Å². The first-order chi connectivity index (χ1) is 12.6. The number of carbonyl (C=O) groups is 1. The molecule has 5 nitrogen and oxygen atoms in total. The van der Waals surface area contributed by atoms with Crippen LogP contribution in [0.3, 0.4) is 0 Å². The molecule has 0 aliphatic heterocycles. The van der Waals surface area contributed by atoms with E-state index in [1.165, 1.54) is 0 Å². The van der Waals surface area contributed by atoms with Gasteiger partial charge in [-0.25, -0.2) is 0 Å². The number of aromatic amines is 1. The Kier molecular flexibility index (Phi) is 5.49. The van der Waals surface area contributed by atoms with Crippen molar-refractivity contribution in [2.75, 3.05) is 6.61 Å². The van der Waals surface area contributed by atoms with E-state index in [9.17, 15) is 14.7 Å². The molecule has 1 heterocycles. The molecule has 3 aromatic rings. The summed E-state index contributed by atoms with van der Waals surface area (Å²) in [7, 11) is 0. The normalized spacial score (nSPS) is 12.1. The van der Waals surface area contributed by atoms with Crippen LogP contribution < -0.4 is 10.9 Å². The molecule has 3 N–H and O–H groups in total. The number of hydrogen-bond acceptors (Lipinski definition) is 3. The fourth-order valence-electron chi connectivity index (χ4n) is 3.18. The van der Waals surface area contributed by atoms with E-state index in [-0.39, 0.29) is 29.8 Å². The minimum atomic E-state index is -0.334. The van der Waals surface area contributed by atoms with Gasteiger partial charge in [-0.05, 0) is 42.3 Å². The minimum Gasteiger partial charge on any atom is -0.396 e. The lowest BCUT2D eigenvalue weighted by atomic mass is 10.0. The SMILES string of the molecule is Cc1c(C(=O)NC(CCO)Cc2ccccc2)[nH]c(=O)c2ccccc12. The van der Waals surface area contributed by atoms with Gasteiger partial charge in [-0.3, -0.25) is 9.59 Å². The molecule has 26 heavy (non-hydrogen) atoms. The van der Waals surface area contributed by atoms with Crippen molar-refractivity contribution in [1.82, 2.24) is 10.3 Å². The molecule has 1 unspecified atom stereocenters. The largest absolute Gasteiger partial charge is 0.396 e. The third-order valence-corrected chi connectivity index (χ3v) is 4.55. The van der Waals surface area contributed by atoms with Crippen molar-refractivity contribution in [3.63, 3.8) is 0 Å². The van der Waals surface area contributed by atoms with Crippen LogP contribution in [0.15, 0.2) is 59.4 Å². The quantitative estimate of drug-likeness (QED) is 0.639. The van der Waals surface area contributed by atoms with E-state index in [1.54, 1.807) is 12.1 Å². The molecule has 0 aliphatic rings. The first kappa shape index (κ1) is 17.9. The van der Waals surface area contributed by atoms with E-state index in [0.717, 1.165) is 16.5 Å². The number of aromatic nitrogens is 1. The molecular formula is C21H22N2O3. The molecule has 134 valence electrons. The van der Waals surface area contributed by atoms with Gasteiger partial charge in [0.25, 0.3) is 11.5 Å². The van der Waals surface area contributed by atoms with Crippen LogP contribution in [-0.2, 0) is 6.42 Å². The Morgan fingerprint density at radius 1 is 1.08 bits per heavy atom. The number of aliphatic hydroxyl groups is 1. The molecule has 0 radical (unpaired) electrons. The van der Waals surface area contributed by atoms with Crippen molar-refractivity contribution in [2.45, 2.75) is 25.8 Å². The highest BCUT2D eigenvalue weighted by Gasteiger charge is 2.18. The van der Waals surface area contributed by atoms with Crippen LogP contribution in [0.4, 0.5) is 0 Å². The van der Waals surface area contributed by atoms with Gasteiger partial charge in [0.2, 0.25) is 0 Å². The van der Waals surface area contributed by atoms with Crippen LogP contribution >= 0.6 is 0 Å². The predicted octanol–water partition coefficient (Wildman–Crippen LogP) is 2.56. The summed E-state index contributed by atoms with van der Waals surface area (Å²) in [6, 6.07) is 16.8. The van der Waals surface area contributed by atoms with Crippen LogP contribution in [0.5, 0.6) is 0 Å². The second kappa shape index (κ2) is 7.97. The average molecular weight is 350 g/mol. The molecule has 1 amide bonds. The number of H-pyrrole nitrogens is 1. The number of aliphatic hydroxyl groups excluding tert-OH is 1. The Labute approximate surface area is 151 Å². The molecule has 0 fully saturated rings. The summed E-state index contributed by atoms with van der Waals surface area (Å²) >= 11 is 0. The van der Waals surface area contributed by atoms with E-state index in [4.69, 9.17) is 0 Å². The maximum absolute atomic E-state index is 12.8. The van der Waals surface area contributed by atoms with Crippen LogP contribution in [0.2, 0.25) is 0 Å². The van der Waals surface area contributed by atoms with Gasteiger partial charge in [0.1, 0.15) is 5.69 Å². The lowest BCUT2D eigenvalue weighted by Crippen LogP contribution is -2.38. The highest BCUT2D eigenvalue weighted by atomic mass is 16.3. The number of hydrogen-bond donors (Lipinski definition) is 3. The number of amides is 1. The number of nitrogens with one attached hydrogen (secondary N) is 2. The topological polar surface area (TPSA) is 82.2 Å². The molecule has 0 spiro atoms. The zero-order chi connectivity index (χ0) is 18.5. The molecule has 1 aromatic heterocycles. The van der Waals surface area contributed by atoms with Crippen molar-refractivity contribution in [1.29, 1.82) is 0 Å². The van der Waals surface area contributed by atoms with Gasteiger partial charge < -0.3 is 15.4 Å². The first-order valence-corrected chi connectivity index (χ1v) is 8.67. The maximum atomic E-state index is 12.8. The Morgan fingerprint density at radius 3 is 2.42 bits per heavy atom. The summed E-state index contributed by atoms with van der Waals surface area (Å²) in [6.45, 7) is 1.80. The average Bonchev–Trinajstić information content (AvgIpc) is 2.65. The molecule has 0 aliphatic carbocycles. The van der Waals surface area contributed by atoms with Crippen LogP contribution in [0.1, 0.15) is 28.0 Å². The Morgan fingerprint density at radius 2 is 1.73 bits per heavy atom. The van der Waals surface area contributed by atoms with Gasteiger partial charge in [0, 0.05) is 18.0 Å². The zero-order valence-electron chi connectivity index (χ0n) is 14.7. The van der Waals surface area contributed by atoms with E-state index in [1.807, 2.05) is 49.4 Å². The highest BCUT2D eigenvalue weighted by Crippen LogP contribution is 2.17. The second-order valence-electron chi connectivity index (χ2n) is 6.37. The number of pyridine rings is 1. The molecule has 3 rings (SSSR count). The monoisotopic (exact) mass is 350 g/mol. The fraction of sp³-hybridized carbons (Fsp3) is 0.238. The smallest absolute Gasteiger partial charge is 0.268 e. The molecule has 2 aromatic carbocycles. The molecular weight excluding hydrogens is 328 g/mol. The zero-order valence-corrected chi connectivity index (χ0v) is 14.7. The van der Waals surface area contributed by atoms with Crippen LogP contribution in [0, 0.1) is 6.92 Å². The summed E-state index contributed by atoms with van der Waals surface area (Å²) < 4.78 is 0. The van der Waals surface area contributed by atoms with Crippen molar-refractivity contribution in [3.05, 3.63) is 81.8 Å². The number of fused-ring (bicyclic) bond motifs is 1. The summed E-state index contributed by atoms with van der Waals surface area (Å²) in [5, 5.41) is 13.6. The summed E-state index contributed by atoms with van der Waals surface area (Å²) in [5.41, 5.74) is 1.80. The van der Waals surface area contributed by atoms with Crippen molar-refractivity contribution in [2.24, 2.45) is 0 Å². The molecule has 0 saturated carbocycles. The first-order valence-electron chi connectivity index (χ1n) is 8.67. The Bertz CT molecular complexity index is 964. The fourth-order valence-corrected chi connectivity index (χ4v) is 3.18. The van der Waals surface area contributed by atoms with E-state index < -0.39 is 0 Å². The van der Waals surface area contributed by atoms with Gasteiger partial charge >= 0.3 is 0 Å². The third-order valence-electron chi connectivity index (χ3n) is 4.55. The Balaban J connectivity index is 1.87. The highest BCUT2D eigenvalue weighted by molar-refractivity contribution is 5.99. The minimum absolute atomic E-state index is 0.0228. The number of rotatable bonds is 6. The molecule has 5 heteroatoms. The van der Waals surface area contributed by atoms with Crippen LogP contribution in [-0.4, -0.2) is 28.6 Å². The van der Waals surface area contributed by atoms with Gasteiger partial charge in [-0.2, -0.15) is 0 Å². The predicted molar refractivity (Wildman–Crippen MR) is 102 cm³/mol. The Hall–Kier alpha value is -2.92. The molecule has 0 saturated heterocycles. The molecule has 0 bridgehead atoms. The lowest BCUT2D eigenvalue weighted by molar-refractivity contribution is 0.0924. The number of carbonyl (C=O) groups excluding carboxylic acids is 1. The molecule has 1 atom stereocenters. The maximum Gasteiger partial charge on any atom is 0.268 e. The third kappa shape index (κ3) is 3.83. The number of aryl methyl sites for hydroxylation is 1. The summed E-state index contributed by atoms with van der Waals surface area (Å²) in [5.74, 6) is -0.334. The summed E-state index contributed by atoms with van der Waals surface area (Å²) in [6.07, 6.45) is 1.06. The number of benzene rings is 2. The second-order valence-corrected chi connectivity index (χ2v) is 6.37. The van der Waals surface area contributed by atoms with E-state index in [0.29, 0.717) is 18.2 Å². The van der Waals surface area contributed by atoms with E-state index in [2.05, 4.69) is 10.3 Å². The van der Waals surface area contributed by atoms with Crippen molar-refractivity contribution in [3.8, 4) is 0 Å². The standard InChI is InChI=1S/C21H22N2O3/c1-14-17-9-5-6-10-18(17)20(25)23-19(14)21(26)22-16(11-12-24)13-15-7-3-2-4-8-15/h2-10,16,24H,11-13H2,1H3,(H,22,26)(H,23,25). The van der Waals surface area contributed by atoms with Crippen molar-refractivity contribution < 1.29 is 9.90 Å². The van der Waals surface area contributed by atoms with Gasteiger partial charge in [-0.15, -0.1) is 0 Å². The van der Waals surface area contributed by atoms with E-state index >= 15 is 0 Å². The van der Waals surface area contributed by atoms with Gasteiger partial charge in [0.15, 0.2) is 0 Å². The van der Waals surface area contributed by atoms with Crippen LogP contribution in [0.25, 0.3) is 10.8 Å². The van der Waals surface area contributed by atoms with Crippen molar-refractivity contribution >= 4 is 16.7 Å². The lowest BCUT2D eigenvalue weighted by Gasteiger charge is -2.19. The summed E-state index contributed by atoms with van der Waals surface area (Å²) in [4.78, 5) is 27.8.